The summed E-state index contributed by atoms with van der Waals surface area (Å²) < 4.78 is 36.5. The molecule has 2 fully saturated rings. The molecular formula is C25H27N3O5. The highest BCUT2D eigenvalue weighted by atomic mass is 16.5. The van der Waals surface area contributed by atoms with Crippen molar-refractivity contribution in [2.75, 3.05) is 26.3 Å². The number of carbonyl (C=O) groups is 3. The molecule has 0 spiro atoms. The van der Waals surface area contributed by atoms with Crippen LogP contribution in [0.1, 0.15) is 44.0 Å². The highest BCUT2D eigenvalue weighted by molar-refractivity contribution is 6.05. The molecule has 0 aliphatic carbocycles. The van der Waals surface area contributed by atoms with Gasteiger partial charge in [0.15, 0.2) is 0 Å². The highest BCUT2D eigenvalue weighted by Crippen LogP contribution is 2.34. The topological polar surface area (TPSA) is 88.2 Å². The van der Waals surface area contributed by atoms with E-state index < -0.39 is 30.3 Å². The lowest BCUT2D eigenvalue weighted by molar-refractivity contribution is -0.136. The van der Waals surface area contributed by atoms with Gasteiger partial charge in [-0.1, -0.05) is 30.3 Å². The number of piperidine rings is 1. The van der Waals surface area contributed by atoms with Crippen LogP contribution in [0, 0.1) is 0 Å². The molecule has 33 heavy (non-hydrogen) atoms. The zero-order valence-corrected chi connectivity index (χ0v) is 18.1. The molecule has 0 saturated carbocycles. The van der Waals surface area contributed by atoms with Gasteiger partial charge in [0.2, 0.25) is 11.8 Å². The molecule has 2 aromatic rings. The average Bonchev–Trinajstić information content (AvgIpc) is 3.12. The van der Waals surface area contributed by atoms with E-state index in [2.05, 4.69) is 10.2 Å². The second kappa shape index (κ2) is 9.33. The number of benzene rings is 2. The van der Waals surface area contributed by atoms with Crippen molar-refractivity contribution < 1.29 is 28.0 Å². The van der Waals surface area contributed by atoms with Gasteiger partial charge in [0.05, 0.1) is 23.8 Å². The first-order chi connectivity index (χ1) is 17.3. The molecule has 0 aromatic heterocycles. The lowest BCUT2D eigenvalue weighted by atomic mass is 10.0. The van der Waals surface area contributed by atoms with Crippen LogP contribution < -0.4 is 10.1 Å². The summed E-state index contributed by atoms with van der Waals surface area (Å²) in [5, 5.41) is 2.21. The Bertz CT molecular complexity index is 1200. The molecule has 3 aliphatic rings. The third kappa shape index (κ3) is 4.62. The molecule has 2 unspecified atom stereocenters. The first-order valence-electron chi connectivity index (χ1n) is 12.6. The summed E-state index contributed by atoms with van der Waals surface area (Å²) in [4.78, 5) is 40.6. The summed E-state index contributed by atoms with van der Waals surface area (Å²) in [6, 6.07) is 7.82. The predicted molar refractivity (Wildman–Crippen MR) is 119 cm³/mol. The van der Waals surface area contributed by atoms with E-state index >= 15 is 0 Å². The van der Waals surface area contributed by atoms with Crippen LogP contribution in [0.3, 0.4) is 0 Å². The summed E-state index contributed by atoms with van der Waals surface area (Å²) >= 11 is 0. The van der Waals surface area contributed by atoms with Gasteiger partial charge in [-0.15, -0.1) is 0 Å². The zero-order chi connectivity index (χ0) is 25.4. The van der Waals surface area contributed by atoms with Crippen molar-refractivity contribution in [3.8, 4) is 5.75 Å². The Morgan fingerprint density at radius 3 is 2.64 bits per heavy atom. The molecular weight excluding hydrogens is 422 g/mol. The summed E-state index contributed by atoms with van der Waals surface area (Å²) in [5.41, 5.74) is 2.13. The van der Waals surface area contributed by atoms with E-state index in [0.29, 0.717) is 0 Å². The maximum Gasteiger partial charge on any atom is 0.255 e. The van der Waals surface area contributed by atoms with Crippen LogP contribution in [0.5, 0.6) is 5.75 Å². The molecule has 5 rings (SSSR count). The Labute approximate surface area is 196 Å². The van der Waals surface area contributed by atoms with E-state index in [1.54, 1.807) is 0 Å². The molecule has 2 atom stereocenters. The lowest BCUT2D eigenvalue weighted by Crippen LogP contribution is -2.52. The number of hydrogen-bond acceptors (Lipinski definition) is 6. The van der Waals surface area contributed by atoms with Crippen molar-refractivity contribution in [2.24, 2.45) is 0 Å². The molecule has 3 amide bonds. The highest BCUT2D eigenvalue weighted by Gasteiger charge is 2.40. The van der Waals surface area contributed by atoms with Gasteiger partial charge in [0.25, 0.3) is 5.91 Å². The quantitative estimate of drug-likeness (QED) is 0.674. The maximum absolute atomic E-state index is 13.2. The maximum atomic E-state index is 13.2. The van der Waals surface area contributed by atoms with Gasteiger partial charge < -0.3 is 14.4 Å². The van der Waals surface area contributed by atoms with E-state index in [9.17, 15) is 14.4 Å². The smallest absolute Gasteiger partial charge is 0.255 e. The minimum absolute atomic E-state index is 0.0611. The van der Waals surface area contributed by atoms with E-state index in [-0.39, 0.29) is 48.4 Å². The van der Waals surface area contributed by atoms with Crippen LogP contribution in [0.2, 0.25) is 0 Å². The van der Waals surface area contributed by atoms with E-state index in [4.69, 9.17) is 13.6 Å². The van der Waals surface area contributed by atoms with E-state index in [1.165, 1.54) is 11.6 Å². The molecule has 0 bridgehead atoms. The lowest BCUT2D eigenvalue weighted by Gasteiger charge is -2.29. The molecule has 3 aliphatic heterocycles. The number of imide groups is 1. The summed E-state index contributed by atoms with van der Waals surface area (Å²) in [5.74, 6) is -1.55. The number of morpholine rings is 1. The second-order valence-electron chi connectivity index (χ2n) is 8.37. The van der Waals surface area contributed by atoms with Gasteiger partial charge >= 0.3 is 0 Å². The van der Waals surface area contributed by atoms with Crippen LogP contribution in [0.15, 0.2) is 42.4 Å². The molecule has 8 heteroatoms. The molecule has 0 radical (unpaired) electrons. The van der Waals surface area contributed by atoms with Crippen LogP contribution in [0.25, 0.3) is 0 Å². The van der Waals surface area contributed by atoms with Gasteiger partial charge in [-0.3, -0.25) is 24.6 Å². The van der Waals surface area contributed by atoms with Crippen molar-refractivity contribution in [2.45, 2.75) is 38.6 Å². The van der Waals surface area contributed by atoms with Gasteiger partial charge in [-0.25, -0.2) is 0 Å². The number of fused-ring (bicyclic) bond motifs is 1. The van der Waals surface area contributed by atoms with Crippen molar-refractivity contribution in [1.29, 1.82) is 0 Å². The normalized spacial score (nSPS) is 24.7. The van der Waals surface area contributed by atoms with Gasteiger partial charge in [0.1, 0.15) is 18.4 Å². The fraction of sp³-hybridized carbons (Fsp3) is 0.400. The zero-order valence-electron chi connectivity index (χ0n) is 21.1. The second-order valence-corrected chi connectivity index (χ2v) is 8.37. The minimum atomic E-state index is -1.29. The number of rotatable bonds is 6. The Kier molecular flexibility index (Phi) is 5.15. The number of ether oxygens (including phenoxy) is 2. The molecule has 2 aromatic carbocycles. The third-order valence-corrected chi connectivity index (χ3v) is 6.12. The monoisotopic (exact) mass is 452 g/mol. The molecule has 1 N–H and O–H groups in total. The number of carbonyl (C=O) groups excluding carboxylic acids is 3. The summed E-state index contributed by atoms with van der Waals surface area (Å²) in [6.07, 6.45) is 0.166. The first-order valence-corrected chi connectivity index (χ1v) is 11.1. The molecule has 2 saturated heterocycles. The van der Waals surface area contributed by atoms with Crippen LogP contribution in [0.4, 0.5) is 0 Å². The van der Waals surface area contributed by atoms with Crippen LogP contribution in [-0.4, -0.2) is 59.9 Å². The van der Waals surface area contributed by atoms with Crippen molar-refractivity contribution >= 4 is 17.7 Å². The van der Waals surface area contributed by atoms with E-state index in [1.807, 2.05) is 24.3 Å². The Morgan fingerprint density at radius 1 is 1.12 bits per heavy atom. The average molecular weight is 453 g/mol. The molecule has 3 heterocycles. The molecule has 172 valence electrons. The summed E-state index contributed by atoms with van der Waals surface area (Å²) in [6.45, 7) is 3.00. The van der Waals surface area contributed by atoms with E-state index in [0.717, 1.165) is 43.3 Å². The number of nitrogens with zero attached hydrogens (tertiary/aromatic N) is 2. The largest absolute Gasteiger partial charge is 0.489 e. The third-order valence-electron chi connectivity index (χ3n) is 6.12. The first kappa shape index (κ1) is 18.2. The number of nitrogens with one attached hydrogen (secondary N) is 1. The van der Waals surface area contributed by atoms with Crippen molar-refractivity contribution in [3.05, 3.63) is 64.7 Å². The number of hydrogen-bond donors (Lipinski definition) is 1. The Morgan fingerprint density at radius 2 is 1.88 bits per heavy atom. The van der Waals surface area contributed by atoms with Crippen LogP contribution >= 0.6 is 0 Å². The van der Waals surface area contributed by atoms with Gasteiger partial charge in [-0.2, -0.15) is 0 Å². The van der Waals surface area contributed by atoms with Crippen LogP contribution in [-0.2, 0) is 34.0 Å². The minimum Gasteiger partial charge on any atom is -0.489 e. The van der Waals surface area contributed by atoms with Crippen molar-refractivity contribution in [3.63, 3.8) is 0 Å². The summed E-state index contributed by atoms with van der Waals surface area (Å²) in [7, 11) is 0. The standard InChI is InChI=1S/C25H27N3O5/c29-23-9-8-21(24(30)26-23)28-15-20-19(25(28)31)2-1-3-22(20)33-16-18-6-4-17(5-7-18)14-27-10-12-32-13-11-27/h1-7,21H,8-16H2,(H,26,29,30)/i1D,2D,15D. The fourth-order valence-corrected chi connectivity index (χ4v) is 4.28. The number of amides is 3. The van der Waals surface area contributed by atoms with Gasteiger partial charge in [0, 0.05) is 37.2 Å². The Hall–Kier alpha value is -3.23. The Balaban J connectivity index is 1.33. The van der Waals surface area contributed by atoms with Crippen molar-refractivity contribution in [1.82, 2.24) is 15.1 Å². The SMILES string of the molecule is [2H]c1cc(OCc2ccc(CN3CCOCC3)cc2)c2c(c1[2H])C(=O)N(C1CCC(=O)NC1=O)C2[2H]. The predicted octanol–water partition coefficient (Wildman–Crippen LogP) is 1.86. The van der Waals surface area contributed by atoms with Gasteiger partial charge in [-0.05, 0) is 29.7 Å². The fourth-order valence-electron chi connectivity index (χ4n) is 4.28. The molecule has 8 nitrogen and oxygen atoms in total.